The molecule has 5 heterocycles. The molecule has 0 unspecified atom stereocenters. The molecule has 0 bridgehead atoms. The number of aromatic nitrogens is 2. The van der Waals surface area contributed by atoms with E-state index in [1.165, 1.54) is 4.88 Å². The van der Waals surface area contributed by atoms with E-state index in [4.69, 9.17) is 9.47 Å². The Balaban J connectivity index is 1.17. The molecule has 0 aliphatic carbocycles. The zero-order valence-electron chi connectivity index (χ0n) is 17.2. The predicted molar refractivity (Wildman–Crippen MR) is 116 cm³/mol. The molecule has 162 valence electrons. The van der Waals surface area contributed by atoms with Gasteiger partial charge in [-0.1, -0.05) is 6.92 Å². The van der Waals surface area contributed by atoms with Gasteiger partial charge in [0.05, 0.1) is 29.7 Å². The van der Waals surface area contributed by atoms with Gasteiger partial charge in [-0.3, -0.25) is 9.59 Å². The van der Waals surface area contributed by atoms with Crippen molar-refractivity contribution in [2.45, 2.75) is 31.6 Å². The van der Waals surface area contributed by atoms with Crippen molar-refractivity contribution in [3.63, 3.8) is 0 Å². The number of pyridine rings is 1. The van der Waals surface area contributed by atoms with Crippen LogP contribution in [0.3, 0.4) is 0 Å². The standard InChI is InChI=1S/C22H24N4O4S/c1-2-16-4-5-19(31-16)22(28)26-10-17-18(11-26)30-13-15(12-29-17)24-21(27)14-3-6-20-23-7-8-25(20)9-14/h3-9,15,17-18H,2,10-13H2,1H3,(H,24,27)/t17-,18-/m0/s1. The highest BCUT2D eigenvalue weighted by Gasteiger charge is 2.40. The van der Waals surface area contributed by atoms with E-state index >= 15 is 0 Å². The number of fused-ring (bicyclic) bond motifs is 2. The van der Waals surface area contributed by atoms with Crippen molar-refractivity contribution in [3.8, 4) is 0 Å². The number of carbonyl (C=O) groups excluding carboxylic acids is 2. The van der Waals surface area contributed by atoms with E-state index in [9.17, 15) is 9.59 Å². The van der Waals surface area contributed by atoms with Crippen molar-refractivity contribution in [2.24, 2.45) is 0 Å². The van der Waals surface area contributed by atoms with E-state index in [0.29, 0.717) is 31.9 Å². The predicted octanol–water partition coefficient (Wildman–Crippen LogP) is 2.00. The van der Waals surface area contributed by atoms with Gasteiger partial charge in [0.1, 0.15) is 17.9 Å². The van der Waals surface area contributed by atoms with Gasteiger partial charge in [0.2, 0.25) is 0 Å². The Labute approximate surface area is 183 Å². The van der Waals surface area contributed by atoms with Crippen molar-refractivity contribution < 1.29 is 19.1 Å². The highest BCUT2D eigenvalue weighted by molar-refractivity contribution is 7.14. The van der Waals surface area contributed by atoms with Crippen LogP contribution in [-0.4, -0.2) is 70.7 Å². The maximum absolute atomic E-state index is 12.8. The van der Waals surface area contributed by atoms with Gasteiger partial charge < -0.3 is 24.1 Å². The molecule has 9 heteroatoms. The van der Waals surface area contributed by atoms with Crippen LogP contribution in [0.1, 0.15) is 31.8 Å². The van der Waals surface area contributed by atoms with Crippen LogP contribution in [0.15, 0.2) is 42.9 Å². The van der Waals surface area contributed by atoms with Gasteiger partial charge >= 0.3 is 0 Å². The fourth-order valence-electron chi connectivity index (χ4n) is 4.00. The molecule has 0 spiro atoms. The van der Waals surface area contributed by atoms with Crippen molar-refractivity contribution in [1.82, 2.24) is 19.6 Å². The summed E-state index contributed by atoms with van der Waals surface area (Å²) in [4.78, 5) is 33.4. The van der Waals surface area contributed by atoms with Crippen LogP contribution < -0.4 is 5.32 Å². The van der Waals surface area contributed by atoms with Crippen LogP contribution in [0.2, 0.25) is 0 Å². The van der Waals surface area contributed by atoms with Crippen molar-refractivity contribution in [1.29, 1.82) is 0 Å². The number of hydrogen-bond acceptors (Lipinski definition) is 6. The maximum Gasteiger partial charge on any atom is 0.264 e. The van der Waals surface area contributed by atoms with Crippen LogP contribution in [0.4, 0.5) is 0 Å². The van der Waals surface area contributed by atoms with Gasteiger partial charge in [-0.2, -0.15) is 0 Å². The normalized spacial score (nSPS) is 21.8. The largest absolute Gasteiger partial charge is 0.371 e. The molecule has 2 saturated heterocycles. The molecule has 0 radical (unpaired) electrons. The molecule has 2 aliphatic rings. The quantitative estimate of drug-likeness (QED) is 0.671. The first kappa shape index (κ1) is 20.2. The van der Waals surface area contributed by atoms with Crippen molar-refractivity contribution in [3.05, 3.63) is 58.2 Å². The summed E-state index contributed by atoms with van der Waals surface area (Å²) in [5.74, 6) is -0.147. The topological polar surface area (TPSA) is 85.2 Å². The summed E-state index contributed by atoms with van der Waals surface area (Å²) in [6.45, 7) is 3.78. The van der Waals surface area contributed by atoms with E-state index < -0.39 is 0 Å². The second-order valence-electron chi connectivity index (χ2n) is 7.85. The monoisotopic (exact) mass is 440 g/mol. The number of nitrogens with one attached hydrogen (secondary N) is 1. The molecule has 2 aliphatic heterocycles. The smallest absolute Gasteiger partial charge is 0.264 e. The van der Waals surface area contributed by atoms with Crippen molar-refractivity contribution in [2.75, 3.05) is 26.3 Å². The Morgan fingerprint density at radius 1 is 1.16 bits per heavy atom. The zero-order chi connectivity index (χ0) is 21.4. The number of likely N-dealkylation sites (tertiary alicyclic amines) is 1. The number of thiophene rings is 1. The number of hydrogen-bond donors (Lipinski definition) is 1. The summed E-state index contributed by atoms with van der Waals surface area (Å²) >= 11 is 1.55. The van der Waals surface area contributed by atoms with E-state index in [1.807, 2.05) is 22.6 Å². The van der Waals surface area contributed by atoms with Gasteiger partial charge in [0.15, 0.2) is 0 Å². The Kier molecular flexibility index (Phi) is 5.47. The molecule has 2 amide bonds. The Morgan fingerprint density at radius 3 is 2.65 bits per heavy atom. The number of aryl methyl sites for hydroxylation is 1. The lowest BCUT2D eigenvalue weighted by Crippen LogP contribution is -2.41. The number of rotatable bonds is 4. The lowest BCUT2D eigenvalue weighted by Gasteiger charge is -2.19. The number of carbonyl (C=O) groups is 2. The molecule has 5 rings (SSSR count). The van der Waals surface area contributed by atoms with Gasteiger partial charge in [-0.25, -0.2) is 4.98 Å². The summed E-state index contributed by atoms with van der Waals surface area (Å²) in [7, 11) is 0. The molecule has 1 N–H and O–H groups in total. The van der Waals surface area contributed by atoms with Gasteiger partial charge in [-0.15, -0.1) is 11.3 Å². The highest BCUT2D eigenvalue weighted by Crippen LogP contribution is 2.25. The van der Waals surface area contributed by atoms with Crippen LogP contribution in [-0.2, 0) is 15.9 Å². The van der Waals surface area contributed by atoms with E-state index in [2.05, 4.69) is 17.2 Å². The average molecular weight is 441 g/mol. The minimum Gasteiger partial charge on any atom is -0.371 e. The maximum atomic E-state index is 12.8. The van der Waals surface area contributed by atoms with Crippen LogP contribution >= 0.6 is 11.3 Å². The molecule has 8 nitrogen and oxygen atoms in total. The summed E-state index contributed by atoms with van der Waals surface area (Å²) < 4.78 is 13.9. The number of nitrogens with zero attached hydrogens (tertiary/aromatic N) is 3. The minimum atomic E-state index is -0.245. The van der Waals surface area contributed by atoms with Gasteiger partial charge in [0, 0.05) is 36.6 Å². The summed E-state index contributed by atoms with van der Waals surface area (Å²) in [5, 5.41) is 2.99. The molecule has 2 atom stereocenters. The number of ether oxygens (including phenoxy) is 2. The lowest BCUT2D eigenvalue weighted by molar-refractivity contribution is -0.00461. The van der Waals surface area contributed by atoms with Crippen LogP contribution in [0.25, 0.3) is 5.65 Å². The molecule has 0 aromatic carbocycles. The highest BCUT2D eigenvalue weighted by atomic mass is 32.1. The molecular formula is C22H24N4O4S. The second kappa shape index (κ2) is 8.41. The fourth-order valence-corrected chi connectivity index (χ4v) is 4.92. The third-order valence-corrected chi connectivity index (χ3v) is 6.95. The van der Waals surface area contributed by atoms with Gasteiger partial charge in [0.25, 0.3) is 11.8 Å². The zero-order valence-corrected chi connectivity index (χ0v) is 18.0. The Hall–Kier alpha value is -2.75. The molecule has 31 heavy (non-hydrogen) atoms. The minimum absolute atomic E-state index is 0.0321. The SMILES string of the molecule is CCc1ccc(C(=O)N2C[C@@H]3OCC(NC(=O)c4ccc5nccn5c4)CO[C@H]3C2)s1. The molecule has 3 aromatic heterocycles. The van der Waals surface area contributed by atoms with E-state index in [-0.39, 0.29) is 30.1 Å². The summed E-state index contributed by atoms with van der Waals surface area (Å²) in [6, 6.07) is 7.22. The molecular weight excluding hydrogens is 416 g/mol. The first-order chi connectivity index (χ1) is 15.1. The van der Waals surface area contributed by atoms with Crippen LogP contribution in [0.5, 0.6) is 0 Å². The summed E-state index contributed by atoms with van der Waals surface area (Å²) in [5.41, 5.74) is 1.34. The summed E-state index contributed by atoms with van der Waals surface area (Å²) in [6.07, 6.45) is 5.81. The van der Waals surface area contributed by atoms with Crippen LogP contribution in [0, 0.1) is 0 Å². The first-order valence-electron chi connectivity index (χ1n) is 10.5. The van der Waals surface area contributed by atoms with Crippen molar-refractivity contribution >= 4 is 28.8 Å². The molecule has 0 saturated carbocycles. The lowest BCUT2D eigenvalue weighted by atomic mass is 10.2. The average Bonchev–Trinajstić information content (AvgIpc) is 3.52. The number of imidazole rings is 1. The fraction of sp³-hybridized carbons (Fsp3) is 0.409. The second-order valence-corrected chi connectivity index (χ2v) is 9.02. The third kappa shape index (κ3) is 4.08. The van der Waals surface area contributed by atoms with E-state index in [0.717, 1.165) is 16.9 Å². The molecule has 3 aromatic rings. The van der Waals surface area contributed by atoms with Gasteiger partial charge in [-0.05, 0) is 30.7 Å². The first-order valence-corrected chi connectivity index (χ1v) is 11.3. The molecule has 2 fully saturated rings. The Bertz CT molecular complexity index is 1090. The third-order valence-electron chi connectivity index (χ3n) is 5.73. The van der Waals surface area contributed by atoms with E-state index in [1.54, 1.807) is 40.9 Å². The number of amides is 2. The Morgan fingerprint density at radius 2 is 1.94 bits per heavy atom.